The number of carbonyl (C=O) groups excluding carboxylic acids is 12. The average Bonchev–Trinajstić information content (AvgIpc) is 1.09. The van der Waals surface area contributed by atoms with Crippen molar-refractivity contribution in [2.45, 2.75) is 237 Å². The Labute approximate surface area is 820 Å². The van der Waals surface area contributed by atoms with Gasteiger partial charge >= 0.3 is 42.7 Å². The van der Waals surface area contributed by atoms with Crippen LogP contribution in [0.15, 0.2) is 182 Å². The maximum Gasteiger partial charge on any atom is 0.478 e. The molecular formula is C90H114B6F2N8O27S5. The number of ketones is 7. The summed E-state index contributed by atoms with van der Waals surface area (Å²) in [5.41, 5.74) is 0.448. The lowest BCUT2D eigenvalue weighted by atomic mass is 9.64. The predicted molar refractivity (Wildman–Crippen MR) is 524 cm³/mol. The van der Waals surface area contributed by atoms with Gasteiger partial charge in [0.15, 0.2) is 17.1 Å². The first-order valence-electron chi connectivity index (χ1n) is 44.5. The number of carbonyl (C=O) groups is 12. The summed E-state index contributed by atoms with van der Waals surface area (Å²) in [4.78, 5) is 154. The van der Waals surface area contributed by atoms with E-state index in [0.29, 0.717) is 85.6 Å². The van der Waals surface area contributed by atoms with E-state index >= 15 is 0 Å². The number of nitrogens with zero attached hydrogens (tertiary/aromatic N) is 3. The van der Waals surface area contributed by atoms with Gasteiger partial charge in [-0.2, -0.15) is 0 Å². The Morgan fingerprint density at radius 3 is 0.971 bits per heavy atom. The SMILES string of the molecule is CC(=O)C[C@@H]1C=CC[C@H](NC(=O)Cc2cccs2)B(O)O1.CC(=O)C[C@@H]1CC[C@H](CC(=O)Cc2cc(F)cc(F)c2)B(O)O1.CC(=O)C[C@H]1C=CC[C@H](NC(=O)/C(=N\O)c2cccs2)B(O)O1.CC(=O)C[C@H]1C=CC[C@H](NC(=O)Cc2cccs2)B(O)O1.CCO/N=C(/C(=O)N[C@H]1CC=C[C@H](CC(C)=O)OB1O)c1cccs1.CCO/N=C(\C(=O)N[C@H]1CC=C[C@H](CC(C)=O)OB1O)c1cccs1. The normalized spacial score (nSPS) is 21.4. The van der Waals surface area contributed by atoms with Crippen molar-refractivity contribution < 1.29 is 139 Å². The van der Waals surface area contributed by atoms with Crippen molar-refractivity contribution in [3.8, 4) is 0 Å². The number of amides is 5. The van der Waals surface area contributed by atoms with Gasteiger partial charge in [-0.3, -0.25) is 57.5 Å². The second kappa shape index (κ2) is 61.3. The Bertz CT molecular complexity index is 4930. The molecule has 12 N–H and O–H groups in total. The van der Waals surface area contributed by atoms with E-state index in [4.69, 9.17) is 42.8 Å². The van der Waals surface area contributed by atoms with Gasteiger partial charge in [0.2, 0.25) is 11.8 Å². The van der Waals surface area contributed by atoms with Crippen molar-refractivity contribution in [3.63, 3.8) is 0 Å². The quantitative estimate of drug-likeness (QED) is 0.00587. The topological polar surface area (TPSA) is 518 Å². The Balaban J connectivity index is 0.000000226. The van der Waals surface area contributed by atoms with Gasteiger partial charge in [-0.25, -0.2) is 8.78 Å². The zero-order valence-electron chi connectivity index (χ0n) is 77.4. The second-order valence-electron chi connectivity index (χ2n) is 32.5. The average molecular weight is 2000 g/mol. The summed E-state index contributed by atoms with van der Waals surface area (Å²) in [6.07, 6.45) is 20.0. The summed E-state index contributed by atoms with van der Waals surface area (Å²) in [6, 6.07) is 21.1. The molecule has 6 aliphatic heterocycles. The standard InChI is InChI=1S/C16H19BF2O4.2C16H21BN2O5S.C14H17BN2O5S.2C14H18BNO4S/c1-10(20)4-16-3-2-12(17(22)23-16)8-15(21)7-11-5-13(18)9-14(19)6-11;2*1-3-23-19-15(13-7-5-9-25-13)16(21)18-14-8-4-6-12(10-11(2)20)24-17(14)22;1-9(18)8-10-4-2-6-12(15(20)22-10)16-14(19)13(17-21)11-5-3-7-23-11;2*1-10(17)8-11-4-2-6-13(15(19)20-11)16-14(18)9-12-5-3-7-21-12/h5-6,9,12,16,22H,2-4,7-8H2,1H3;2*4-7,9,12,14,22H,3,8,10H2,1-2H3,(H,18,21);2-5,7,10,12,20-21H,6,8H2,1H3,(H,16,19);2*2-5,7,11,13,19H,6,8-9H2,1H3,(H,16,18)/b;19-15+;19-15-;17-13-;;/t12-,16+;2*12-,14+;10-,12+;11-,13+;11-,13-/m111110/s1. The van der Waals surface area contributed by atoms with Crippen molar-refractivity contribution in [1.82, 2.24) is 26.6 Å². The van der Waals surface area contributed by atoms with Gasteiger partial charge in [0.1, 0.15) is 65.3 Å². The maximum absolute atomic E-state index is 13.1. The zero-order chi connectivity index (χ0) is 101. The molecule has 12 rings (SSSR count). The van der Waals surface area contributed by atoms with Crippen LogP contribution in [0.2, 0.25) is 5.82 Å². The summed E-state index contributed by atoms with van der Waals surface area (Å²) in [7, 11) is -7.03. The van der Waals surface area contributed by atoms with Crippen LogP contribution in [-0.4, -0.2) is 245 Å². The van der Waals surface area contributed by atoms with Gasteiger partial charge in [0, 0.05) is 79.1 Å². The second-order valence-corrected chi connectivity index (χ2v) is 37.4. The first-order valence-corrected chi connectivity index (χ1v) is 48.9. The number of nitrogens with one attached hydrogen (secondary N) is 5. The molecule has 12 atom stereocenters. The highest BCUT2D eigenvalue weighted by Gasteiger charge is 2.41. The van der Waals surface area contributed by atoms with Gasteiger partial charge in [0.05, 0.1) is 87.7 Å². The Morgan fingerprint density at radius 2 is 0.688 bits per heavy atom. The minimum Gasteiger partial charge on any atom is -0.427 e. The first-order chi connectivity index (χ1) is 65.9. The largest absolute Gasteiger partial charge is 0.478 e. The Kier molecular flexibility index (Phi) is 50.9. The molecular weight excluding hydrogens is 1890 g/mol. The van der Waals surface area contributed by atoms with Crippen LogP contribution in [0.5, 0.6) is 0 Å². The third-order valence-electron chi connectivity index (χ3n) is 20.4. The van der Waals surface area contributed by atoms with Crippen molar-refractivity contribution in [3.05, 3.63) is 208 Å². The minimum absolute atomic E-state index is 0.00275. The number of rotatable bonds is 35. The fraction of sp³-hybridized carbons (Fsp3) is 0.433. The van der Waals surface area contributed by atoms with Gasteiger partial charge in [-0.05, 0) is 175 Å². The van der Waals surface area contributed by atoms with E-state index in [0.717, 1.165) is 28.0 Å². The first kappa shape index (κ1) is 115. The van der Waals surface area contributed by atoms with Crippen LogP contribution in [0, 0.1) is 11.6 Å². The van der Waals surface area contributed by atoms with E-state index in [1.54, 1.807) is 92.1 Å². The third-order valence-corrected chi connectivity index (χ3v) is 24.8. The lowest BCUT2D eigenvalue weighted by Gasteiger charge is -2.30. The summed E-state index contributed by atoms with van der Waals surface area (Å²) in [6.45, 7) is 13.0. The highest BCUT2D eigenvalue weighted by atomic mass is 32.1. The Morgan fingerprint density at radius 1 is 0.384 bits per heavy atom. The summed E-state index contributed by atoms with van der Waals surface area (Å²) < 4.78 is 58.7. The zero-order valence-corrected chi connectivity index (χ0v) is 81.5. The van der Waals surface area contributed by atoms with Crippen LogP contribution in [-0.2, 0) is 114 Å². The number of benzene rings is 1. The van der Waals surface area contributed by atoms with Crippen LogP contribution in [0.4, 0.5) is 8.78 Å². The smallest absolute Gasteiger partial charge is 0.427 e. The highest BCUT2D eigenvalue weighted by Crippen LogP contribution is 2.32. The number of hydrogen-bond donors (Lipinski definition) is 12. The highest BCUT2D eigenvalue weighted by molar-refractivity contribution is 7.14. The molecule has 1 fully saturated rings. The van der Waals surface area contributed by atoms with Crippen molar-refractivity contribution in [2.24, 2.45) is 15.5 Å². The van der Waals surface area contributed by atoms with Crippen molar-refractivity contribution in [1.29, 1.82) is 0 Å². The van der Waals surface area contributed by atoms with Gasteiger partial charge < -0.3 is 99.5 Å². The molecule has 1 aromatic carbocycles. The van der Waals surface area contributed by atoms with Gasteiger partial charge in [0.25, 0.3) is 17.7 Å². The molecule has 0 bridgehead atoms. The van der Waals surface area contributed by atoms with Crippen LogP contribution in [0.1, 0.15) is 175 Å². The molecule has 738 valence electrons. The maximum atomic E-state index is 13.1. The molecule has 6 aromatic rings. The van der Waals surface area contributed by atoms with E-state index in [1.165, 1.54) is 98.2 Å². The molecule has 1 saturated heterocycles. The number of Topliss-reactive ketones (excluding diaryl/α,β-unsaturated/α-hetero) is 7. The van der Waals surface area contributed by atoms with E-state index in [-0.39, 0.29) is 138 Å². The van der Waals surface area contributed by atoms with Gasteiger partial charge in [-0.1, -0.05) is 107 Å². The van der Waals surface area contributed by atoms with Crippen LogP contribution in [0.25, 0.3) is 0 Å². The lowest BCUT2D eigenvalue weighted by Crippen LogP contribution is -2.50. The van der Waals surface area contributed by atoms with Gasteiger partial charge in [-0.15, -0.1) is 56.7 Å². The summed E-state index contributed by atoms with van der Waals surface area (Å²) in [5, 5.41) is 103. The molecule has 0 radical (unpaired) electrons. The number of halogens is 2. The number of hydrogen-bond acceptors (Lipinski definition) is 35. The number of thiophene rings is 5. The molecule has 0 spiro atoms. The van der Waals surface area contributed by atoms with E-state index in [1.807, 2.05) is 70.1 Å². The monoisotopic (exact) mass is 2000 g/mol. The summed E-state index contributed by atoms with van der Waals surface area (Å²) in [5.74, 6) is -6.96. The van der Waals surface area contributed by atoms with Crippen LogP contribution >= 0.6 is 56.7 Å². The molecule has 5 aromatic heterocycles. The van der Waals surface area contributed by atoms with E-state index < -0.39 is 132 Å². The lowest BCUT2D eigenvalue weighted by molar-refractivity contribution is -0.121. The molecule has 5 amide bonds. The molecule has 35 nitrogen and oxygen atoms in total. The third kappa shape index (κ3) is 42.8. The van der Waals surface area contributed by atoms with Crippen LogP contribution < -0.4 is 26.6 Å². The molecule has 0 saturated carbocycles. The molecule has 48 heteroatoms. The minimum atomic E-state index is -1.26. The molecule has 11 heterocycles. The summed E-state index contributed by atoms with van der Waals surface area (Å²) >= 11 is 7.03. The predicted octanol–water partition coefficient (Wildman–Crippen LogP) is 8.10. The Hall–Kier alpha value is -10.4. The van der Waals surface area contributed by atoms with Crippen molar-refractivity contribution >= 4 is 187 Å². The van der Waals surface area contributed by atoms with E-state index in [2.05, 4.69) is 42.1 Å². The molecule has 0 aliphatic carbocycles. The van der Waals surface area contributed by atoms with Crippen molar-refractivity contribution in [2.75, 3.05) is 13.2 Å². The molecule has 138 heavy (non-hydrogen) atoms. The van der Waals surface area contributed by atoms with E-state index in [9.17, 15) is 96.5 Å². The fourth-order valence-corrected chi connectivity index (χ4v) is 17.6. The molecule has 6 aliphatic rings. The van der Waals surface area contributed by atoms with Crippen LogP contribution in [0.3, 0.4) is 0 Å². The fourth-order valence-electron chi connectivity index (χ4n) is 14.1. The number of oxime groups is 3. The molecule has 0 unspecified atom stereocenters.